The van der Waals surface area contributed by atoms with Crippen LogP contribution in [-0.2, 0) is 0 Å². The van der Waals surface area contributed by atoms with Crippen molar-refractivity contribution in [3.8, 4) is 0 Å². The molecule has 0 atom stereocenters. The number of hydrogen-bond donors (Lipinski definition) is 0. The highest BCUT2D eigenvalue weighted by Gasteiger charge is 2.30. The number of likely N-dealkylation sites (tertiary alicyclic amines) is 2. The summed E-state index contributed by atoms with van der Waals surface area (Å²) in [5.41, 5.74) is 2.23. The largest absolute Gasteiger partial charge is 0.339 e. The second-order valence-electron chi connectivity index (χ2n) is 8.00. The zero-order chi connectivity index (χ0) is 20.2. The summed E-state index contributed by atoms with van der Waals surface area (Å²) in [6.07, 6.45) is 6.65. The van der Waals surface area contributed by atoms with E-state index in [2.05, 4.69) is 9.97 Å². The van der Waals surface area contributed by atoms with Crippen LogP contribution >= 0.6 is 0 Å². The summed E-state index contributed by atoms with van der Waals surface area (Å²) < 4.78 is 0. The number of aryl methyl sites for hydroxylation is 1. The van der Waals surface area contributed by atoms with E-state index in [1.165, 1.54) is 6.42 Å². The first-order chi connectivity index (χ1) is 14.1. The number of piperidine rings is 2. The summed E-state index contributed by atoms with van der Waals surface area (Å²) in [5, 5.41) is 0. The third-order valence-electron chi connectivity index (χ3n) is 6.00. The maximum absolute atomic E-state index is 13.1. The third-order valence-corrected chi connectivity index (χ3v) is 6.00. The van der Waals surface area contributed by atoms with Gasteiger partial charge in [-0.15, -0.1) is 0 Å². The molecule has 6 nitrogen and oxygen atoms in total. The maximum Gasteiger partial charge on any atom is 0.257 e. The van der Waals surface area contributed by atoms with Crippen LogP contribution < -0.4 is 0 Å². The zero-order valence-electron chi connectivity index (χ0n) is 17.0. The van der Waals surface area contributed by atoms with Crippen molar-refractivity contribution in [2.75, 3.05) is 26.2 Å². The molecule has 4 rings (SSSR count). The summed E-state index contributed by atoms with van der Waals surface area (Å²) in [6.45, 7) is 4.86. The Morgan fingerprint density at radius 1 is 0.897 bits per heavy atom. The van der Waals surface area contributed by atoms with Gasteiger partial charge in [0.05, 0.1) is 11.3 Å². The molecule has 0 spiro atoms. The molecule has 0 saturated carbocycles. The van der Waals surface area contributed by atoms with Crippen LogP contribution in [0.4, 0.5) is 0 Å². The van der Waals surface area contributed by atoms with Gasteiger partial charge < -0.3 is 9.80 Å². The van der Waals surface area contributed by atoms with Crippen molar-refractivity contribution in [1.29, 1.82) is 0 Å². The number of carbonyl (C=O) groups is 2. The second-order valence-corrected chi connectivity index (χ2v) is 8.00. The lowest BCUT2D eigenvalue weighted by Gasteiger charge is -2.33. The number of hydrogen-bond acceptors (Lipinski definition) is 4. The van der Waals surface area contributed by atoms with E-state index >= 15 is 0 Å². The monoisotopic (exact) mass is 392 g/mol. The van der Waals surface area contributed by atoms with Gasteiger partial charge in [-0.25, -0.2) is 9.97 Å². The van der Waals surface area contributed by atoms with E-state index in [9.17, 15) is 9.59 Å². The van der Waals surface area contributed by atoms with E-state index in [1.807, 2.05) is 47.1 Å². The van der Waals surface area contributed by atoms with E-state index in [4.69, 9.17) is 0 Å². The van der Waals surface area contributed by atoms with Gasteiger partial charge in [0.1, 0.15) is 5.82 Å². The van der Waals surface area contributed by atoms with Gasteiger partial charge in [0.25, 0.3) is 11.8 Å². The van der Waals surface area contributed by atoms with Crippen molar-refractivity contribution in [2.45, 2.75) is 44.9 Å². The SMILES string of the molecule is Cc1ncc(C(=O)N2CCCCC2)c(C2CCN(C(=O)c3ccccc3)CC2)n1. The number of rotatable bonds is 3. The minimum absolute atomic E-state index is 0.0579. The molecule has 3 heterocycles. The van der Waals surface area contributed by atoms with Gasteiger partial charge >= 0.3 is 0 Å². The van der Waals surface area contributed by atoms with Crippen LogP contribution in [-0.4, -0.2) is 57.8 Å². The molecule has 0 unspecified atom stereocenters. The minimum Gasteiger partial charge on any atom is -0.339 e. The molecule has 0 bridgehead atoms. The summed E-state index contributed by atoms with van der Waals surface area (Å²) in [7, 11) is 0. The average molecular weight is 393 g/mol. The molecule has 2 aromatic rings. The standard InChI is InChI=1S/C23H28N4O2/c1-17-24-16-20(23(29)26-12-6-3-7-13-26)21(25-17)18-10-14-27(15-11-18)22(28)19-8-4-2-5-9-19/h2,4-5,8-9,16,18H,3,6-7,10-15H2,1H3. The predicted octanol–water partition coefficient (Wildman–Crippen LogP) is 3.43. The number of aromatic nitrogens is 2. The summed E-state index contributed by atoms with van der Waals surface area (Å²) in [4.78, 5) is 38.7. The molecule has 1 aromatic carbocycles. The fourth-order valence-corrected chi connectivity index (χ4v) is 4.35. The smallest absolute Gasteiger partial charge is 0.257 e. The Morgan fingerprint density at radius 2 is 1.55 bits per heavy atom. The molecular formula is C23H28N4O2. The first-order valence-electron chi connectivity index (χ1n) is 10.6. The van der Waals surface area contributed by atoms with Crippen LogP contribution in [0.25, 0.3) is 0 Å². The molecule has 29 heavy (non-hydrogen) atoms. The molecule has 2 aliphatic rings. The zero-order valence-corrected chi connectivity index (χ0v) is 17.0. The molecule has 2 saturated heterocycles. The number of carbonyl (C=O) groups excluding carboxylic acids is 2. The van der Waals surface area contributed by atoms with Gasteiger partial charge in [-0.1, -0.05) is 18.2 Å². The lowest BCUT2D eigenvalue weighted by Crippen LogP contribution is -2.39. The predicted molar refractivity (Wildman–Crippen MR) is 111 cm³/mol. The summed E-state index contributed by atoms with van der Waals surface area (Å²) >= 11 is 0. The highest BCUT2D eigenvalue weighted by molar-refractivity contribution is 5.95. The summed E-state index contributed by atoms with van der Waals surface area (Å²) in [6, 6.07) is 9.42. The molecule has 0 aliphatic carbocycles. The first kappa shape index (κ1) is 19.6. The van der Waals surface area contributed by atoms with Crippen LogP contribution in [0.3, 0.4) is 0 Å². The lowest BCUT2D eigenvalue weighted by atomic mass is 9.90. The van der Waals surface area contributed by atoms with E-state index < -0.39 is 0 Å². The highest BCUT2D eigenvalue weighted by atomic mass is 16.2. The van der Waals surface area contributed by atoms with Crippen molar-refractivity contribution in [3.63, 3.8) is 0 Å². The van der Waals surface area contributed by atoms with Crippen LogP contribution in [0.15, 0.2) is 36.5 Å². The number of nitrogens with zero attached hydrogens (tertiary/aromatic N) is 4. The Morgan fingerprint density at radius 3 is 2.24 bits per heavy atom. The van der Waals surface area contributed by atoms with Crippen molar-refractivity contribution in [1.82, 2.24) is 19.8 Å². The first-order valence-corrected chi connectivity index (χ1v) is 10.6. The van der Waals surface area contributed by atoms with Gasteiger partial charge in [0, 0.05) is 43.9 Å². The Balaban J connectivity index is 1.48. The Kier molecular flexibility index (Phi) is 5.88. The lowest BCUT2D eigenvalue weighted by molar-refractivity contribution is 0.0695. The average Bonchev–Trinajstić information content (AvgIpc) is 2.79. The van der Waals surface area contributed by atoms with Gasteiger partial charge in [-0.05, 0) is 51.2 Å². The van der Waals surface area contributed by atoms with Crippen LogP contribution in [0.5, 0.6) is 0 Å². The van der Waals surface area contributed by atoms with Gasteiger partial charge in [-0.3, -0.25) is 9.59 Å². The van der Waals surface area contributed by atoms with E-state index in [0.717, 1.165) is 50.0 Å². The molecular weight excluding hydrogens is 364 g/mol. The van der Waals surface area contributed by atoms with E-state index in [-0.39, 0.29) is 17.7 Å². The molecule has 2 fully saturated rings. The molecule has 1 aromatic heterocycles. The maximum atomic E-state index is 13.1. The fourth-order valence-electron chi connectivity index (χ4n) is 4.35. The molecule has 0 N–H and O–H groups in total. The Labute approximate surface area is 172 Å². The topological polar surface area (TPSA) is 66.4 Å². The minimum atomic E-state index is 0.0579. The van der Waals surface area contributed by atoms with Crippen LogP contribution in [0.2, 0.25) is 0 Å². The van der Waals surface area contributed by atoms with Crippen LogP contribution in [0.1, 0.15) is 70.3 Å². The van der Waals surface area contributed by atoms with Crippen molar-refractivity contribution in [2.24, 2.45) is 0 Å². The molecule has 2 amide bonds. The molecule has 2 aliphatic heterocycles. The van der Waals surface area contributed by atoms with Gasteiger partial charge in [-0.2, -0.15) is 0 Å². The van der Waals surface area contributed by atoms with Crippen LogP contribution in [0, 0.1) is 6.92 Å². The molecule has 152 valence electrons. The number of amides is 2. The quantitative estimate of drug-likeness (QED) is 0.803. The fraction of sp³-hybridized carbons (Fsp3) is 0.478. The van der Waals surface area contributed by atoms with Crippen molar-refractivity contribution >= 4 is 11.8 Å². The number of benzene rings is 1. The van der Waals surface area contributed by atoms with E-state index in [0.29, 0.717) is 24.5 Å². The van der Waals surface area contributed by atoms with Crippen molar-refractivity contribution < 1.29 is 9.59 Å². The van der Waals surface area contributed by atoms with Gasteiger partial charge in [0.15, 0.2) is 0 Å². The van der Waals surface area contributed by atoms with Gasteiger partial charge in [0.2, 0.25) is 0 Å². The van der Waals surface area contributed by atoms with E-state index in [1.54, 1.807) is 6.20 Å². The summed E-state index contributed by atoms with van der Waals surface area (Å²) in [5.74, 6) is 1.01. The highest BCUT2D eigenvalue weighted by Crippen LogP contribution is 2.30. The normalized spacial score (nSPS) is 18.0. The second kappa shape index (κ2) is 8.72. The Bertz CT molecular complexity index is 870. The molecule has 0 radical (unpaired) electrons. The van der Waals surface area contributed by atoms with Crippen molar-refractivity contribution in [3.05, 3.63) is 59.2 Å². The molecule has 6 heteroatoms. The Hall–Kier alpha value is -2.76. The third kappa shape index (κ3) is 4.31.